The Balaban J connectivity index is 2.98. The van der Waals surface area contributed by atoms with E-state index in [2.05, 4.69) is 0 Å². The first-order valence-corrected chi connectivity index (χ1v) is 4.55. The van der Waals surface area contributed by atoms with Gasteiger partial charge in [0.15, 0.2) is 17.3 Å². The number of aliphatic carboxylic acids is 1. The van der Waals surface area contributed by atoms with Crippen molar-refractivity contribution in [3.05, 3.63) is 23.8 Å². The summed E-state index contributed by atoms with van der Waals surface area (Å²) < 4.78 is 10.0. The number of hydrogen-bond acceptors (Lipinski definition) is 4. The Morgan fingerprint density at radius 3 is 2.31 bits per heavy atom. The number of Topliss-reactive ketones (excluding diaryl/α,β-unsaturated/α-hetero) is 1. The fourth-order valence-electron chi connectivity index (χ4n) is 1.25. The summed E-state index contributed by atoms with van der Waals surface area (Å²) in [5, 5.41) is 8.50. The summed E-state index contributed by atoms with van der Waals surface area (Å²) in [5.74, 6) is -0.721. The molecule has 0 heterocycles. The van der Waals surface area contributed by atoms with Gasteiger partial charge < -0.3 is 14.6 Å². The molecule has 86 valence electrons. The van der Waals surface area contributed by atoms with Crippen molar-refractivity contribution < 1.29 is 24.2 Å². The summed E-state index contributed by atoms with van der Waals surface area (Å²) in [4.78, 5) is 21.8. The fraction of sp³-hybridized carbons (Fsp3) is 0.273. The van der Waals surface area contributed by atoms with Crippen LogP contribution in [0.15, 0.2) is 18.2 Å². The molecule has 16 heavy (non-hydrogen) atoms. The van der Waals surface area contributed by atoms with E-state index in [9.17, 15) is 9.59 Å². The summed E-state index contributed by atoms with van der Waals surface area (Å²) in [5.41, 5.74) is 0.292. The van der Waals surface area contributed by atoms with Gasteiger partial charge in [0, 0.05) is 5.56 Å². The third-order valence-electron chi connectivity index (χ3n) is 2.02. The number of ether oxygens (including phenoxy) is 2. The Labute approximate surface area is 92.6 Å². The van der Waals surface area contributed by atoms with Crippen molar-refractivity contribution in [1.29, 1.82) is 0 Å². The molecule has 0 saturated heterocycles. The number of carbonyl (C=O) groups excluding carboxylic acids is 1. The first kappa shape index (κ1) is 12.0. The molecule has 0 spiro atoms. The van der Waals surface area contributed by atoms with Gasteiger partial charge in [0.25, 0.3) is 0 Å². The van der Waals surface area contributed by atoms with Gasteiger partial charge in [0.1, 0.15) is 6.42 Å². The Morgan fingerprint density at radius 2 is 1.81 bits per heavy atom. The molecule has 0 aliphatic carbocycles. The highest BCUT2D eigenvalue weighted by atomic mass is 16.5. The second-order valence-corrected chi connectivity index (χ2v) is 3.06. The molecule has 0 aromatic heterocycles. The number of rotatable bonds is 5. The SMILES string of the molecule is COc1ccc(C(=O)CC(=O)O)cc1OC. The molecular weight excluding hydrogens is 212 g/mol. The fourth-order valence-corrected chi connectivity index (χ4v) is 1.25. The lowest BCUT2D eigenvalue weighted by molar-refractivity contribution is -0.135. The zero-order valence-electron chi connectivity index (χ0n) is 9.02. The van der Waals surface area contributed by atoms with E-state index in [0.717, 1.165) is 0 Å². The molecule has 0 atom stereocenters. The zero-order chi connectivity index (χ0) is 12.1. The molecule has 0 saturated carbocycles. The second-order valence-electron chi connectivity index (χ2n) is 3.06. The first-order valence-electron chi connectivity index (χ1n) is 4.55. The predicted octanol–water partition coefficient (Wildman–Crippen LogP) is 1.36. The average molecular weight is 224 g/mol. The van der Waals surface area contributed by atoms with Crippen LogP contribution in [0.4, 0.5) is 0 Å². The molecule has 0 bridgehead atoms. The third-order valence-corrected chi connectivity index (χ3v) is 2.02. The molecule has 1 aromatic rings. The van der Waals surface area contributed by atoms with E-state index in [0.29, 0.717) is 17.1 Å². The van der Waals surface area contributed by atoms with Gasteiger partial charge in [-0.3, -0.25) is 9.59 Å². The normalized spacial score (nSPS) is 9.62. The highest BCUT2D eigenvalue weighted by molar-refractivity contribution is 6.05. The van der Waals surface area contributed by atoms with Gasteiger partial charge in [-0.25, -0.2) is 0 Å². The zero-order valence-corrected chi connectivity index (χ0v) is 9.02. The van der Waals surface area contributed by atoms with E-state index in [1.165, 1.54) is 26.4 Å². The Morgan fingerprint density at radius 1 is 1.19 bits per heavy atom. The standard InChI is InChI=1S/C11H12O5/c1-15-9-4-3-7(5-10(9)16-2)8(12)6-11(13)14/h3-5H,6H2,1-2H3,(H,13,14). The van der Waals surface area contributed by atoms with E-state index in [-0.39, 0.29) is 0 Å². The van der Waals surface area contributed by atoms with E-state index in [1.807, 2.05) is 0 Å². The highest BCUT2D eigenvalue weighted by Gasteiger charge is 2.13. The maximum atomic E-state index is 11.4. The lowest BCUT2D eigenvalue weighted by Gasteiger charge is -2.08. The monoisotopic (exact) mass is 224 g/mol. The lowest BCUT2D eigenvalue weighted by atomic mass is 10.1. The number of carbonyl (C=O) groups is 2. The second kappa shape index (κ2) is 5.16. The molecule has 0 aliphatic rings. The van der Waals surface area contributed by atoms with Crippen molar-refractivity contribution in [3.63, 3.8) is 0 Å². The van der Waals surface area contributed by atoms with Crippen molar-refractivity contribution in [2.24, 2.45) is 0 Å². The maximum Gasteiger partial charge on any atom is 0.311 e. The molecule has 1 rings (SSSR count). The molecule has 0 aliphatic heterocycles. The number of carboxylic acids is 1. The van der Waals surface area contributed by atoms with Gasteiger partial charge >= 0.3 is 5.97 Å². The molecular formula is C11H12O5. The van der Waals surface area contributed by atoms with Gasteiger partial charge in [-0.1, -0.05) is 0 Å². The number of methoxy groups -OCH3 is 2. The van der Waals surface area contributed by atoms with Crippen molar-refractivity contribution in [3.8, 4) is 11.5 Å². The van der Waals surface area contributed by atoms with Crippen molar-refractivity contribution in [2.75, 3.05) is 14.2 Å². The molecule has 1 aromatic carbocycles. The lowest BCUT2D eigenvalue weighted by Crippen LogP contribution is -2.07. The van der Waals surface area contributed by atoms with E-state index < -0.39 is 18.2 Å². The minimum Gasteiger partial charge on any atom is -0.493 e. The number of benzene rings is 1. The summed E-state index contributed by atoms with van der Waals surface area (Å²) in [6, 6.07) is 4.53. The largest absolute Gasteiger partial charge is 0.493 e. The van der Waals surface area contributed by atoms with Crippen molar-refractivity contribution >= 4 is 11.8 Å². The third kappa shape index (κ3) is 2.73. The van der Waals surface area contributed by atoms with Crippen LogP contribution in [0, 0.1) is 0 Å². The molecule has 0 unspecified atom stereocenters. The topological polar surface area (TPSA) is 72.8 Å². The summed E-state index contributed by atoms with van der Waals surface area (Å²) in [6.45, 7) is 0. The van der Waals surface area contributed by atoms with Crippen LogP contribution >= 0.6 is 0 Å². The average Bonchev–Trinajstić information content (AvgIpc) is 2.27. The van der Waals surface area contributed by atoms with Crippen LogP contribution in [0.1, 0.15) is 16.8 Å². The van der Waals surface area contributed by atoms with Crippen LogP contribution in [-0.2, 0) is 4.79 Å². The van der Waals surface area contributed by atoms with Gasteiger partial charge in [0.05, 0.1) is 14.2 Å². The number of ketones is 1. The van der Waals surface area contributed by atoms with Crippen LogP contribution in [0.25, 0.3) is 0 Å². The molecule has 0 amide bonds. The van der Waals surface area contributed by atoms with Gasteiger partial charge in [0.2, 0.25) is 0 Å². The minimum absolute atomic E-state index is 0.292. The number of hydrogen-bond donors (Lipinski definition) is 1. The maximum absolute atomic E-state index is 11.4. The van der Waals surface area contributed by atoms with Gasteiger partial charge in [-0.05, 0) is 18.2 Å². The smallest absolute Gasteiger partial charge is 0.311 e. The Bertz CT molecular complexity index is 411. The van der Waals surface area contributed by atoms with Crippen LogP contribution in [0.5, 0.6) is 11.5 Å². The quantitative estimate of drug-likeness (QED) is 0.604. The van der Waals surface area contributed by atoms with E-state index >= 15 is 0 Å². The van der Waals surface area contributed by atoms with Crippen LogP contribution < -0.4 is 9.47 Å². The van der Waals surface area contributed by atoms with Crippen LogP contribution in [-0.4, -0.2) is 31.1 Å². The summed E-state index contributed by atoms with van der Waals surface area (Å²) in [7, 11) is 2.93. The van der Waals surface area contributed by atoms with Crippen LogP contribution in [0.2, 0.25) is 0 Å². The van der Waals surface area contributed by atoms with Crippen molar-refractivity contribution in [1.82, 2.24) is 0 Å². The van der Waals surface area contributed by atoms with E-state index in [1.54, 1.807) is 6.07 Å². The van der Waals surface area contributed by atoms with Crippen LogP contribution in [0.3, 0.4) is 0 Å². The van der Waals surface area contributed by atoms with Crippen molar-refractivity contribution in [2.45, 2.75) is 6.42 Å². The van der Waals surface area contributed by atoms with Gasteiger partial charge in [-0.15, -0.1) is 0 Å². The summed E-state index contributed by atoms with van der Waals surface area (Å²) >= 11 is 0. The molecule has 5 heteroatoms. The minimum atomic E-state index is -1.15. The number of carboxylic acid groups (broad SMARTS) is 1. The molecule has 5 nitrogen and oxygen atoms in total. The Hall–Kier alpha value is -2.04. The predicted molar refractivity (Wildman–Crippen MR) is 56.1 cm³/mol. The first-order chi connectivity index (χ1) is 7.58. The molecule has 1 N–H and O–H groups in total. The molecule has 0 radical (unpaired) electrons. The highest BCUT2D eigenvalue weighted by Crippen LogP contribution is 2.27. The Kier molecular flexibility index (Phi) is 3.88. The van der Waals surface area contributed by atoms with Gasteiger partial charge in [-0.2, -0.15) is 0 Å². The molecule has 0 fully saturated rings. The summed E-state index contributed by atoms with van der Waals surface area (Å²) in [6.07, 6.45) is -0.532. The van der Waals surface area contributed by atoms with E-state index in [4.69, 9.17) is 14.6 Å².